The fraction of sp³-hybridized carbons (Fsp3) is 0.263. The van der Waals surface area contributed by atoms with Gasteiger partial charge in [-0.1, -0.05) is 74.3 Å². The van der Waals surface area contributed by atoms with Crippen LogP contribution in [0.1, 0.15) is 31.9 Å². The van der Waals surface area contributed by atoms with Gasteiger partial charge in [-0.15, -0.1) is 10.2 Å². The smallest absolute Gasteiger partial charge is 0.165 e. The predicted octanol–water partition coefficient (Wildman–Crippen LogP) is 5.60. The highest BCUT2D eigenvalue weighted by Gasteiger charge is 2.15. The topological polar surface area (TPSA) is 30.7 Å². The van der Waals surface area contributed by atoms with Gasteiger partial charge in [-0.3, -0.25) is 0 Å². The van der Waals surface area contributed by atoms with E-state index >= 15 is 0 Å². The van der Waals surface area contributed by atoms with Crippen molar-refractivity contribution >= 4 is 23.2 Å². The first-order chi connectivity index (χ1) is 11.4. The SMILES string of the molecule is CC(C)(C)c1ccc(Cn2cnnc2-c2cccc(Cl)c2Cl)cc1. The van der Waals surface area contributed by atoms with E-state index in [4.69, 9.17) is 23.2 Å². The maximum atomic E-state index is 6.32. The van der Waals surface area contributed by atoms with Crippen LogP contribution in [0.4, 0.5) is 0 Å². The van der Waals surface area contributed by atoms with Crippen LogP contribution in [0, 0.1) is 0 Å². The first-order valence-corrected chi connectivity index (χ1v) is 8.53. The molecule has 1 aromatic heterocycles. The Hall–Kier alpha value is -1.84. The lowest BCUT2D eigenvalue weighted by Crippen LogP contribution is -2.11. The monoisotopic (exact) mass is 359 g/mol. The summed E-state index contributed by atoms with van der Waals surface area (Å²) in [5.41, 5.74) is 3.43. The second-order valence-electron chi connectivity index (χ2n) is 6.83. The summed E-state index contributed by atoms with van der Waals surface area (Å²) in [5.74, 6) is 0.711. The van der Waals surface area contributed by atoms with E-state index in [1.165, 1.54) is 11.1 Å². The molecule has 0 amide bonds. The number of hydrogen-bond donors (Lipinski definition) is 0. The molecular weight excluding hydrogens is 341 g/mol. The summed E-state index contributed by atoms with van der Waals surface area (Å²) in [4.78, 5) is 0. The van der Waals surface area contributed by atoms with Crippen LogP contribution in [-0.4, -0.2) is 14.8 Å². The van der Waals surface area contributed by atoms with E-state index in [2.05, 4.69) is 55.2 Å². The van der Waals surface area contributed by atoms with Crippen molar-refractivity contribution in [2.45, 2.75) is 32.7 Å². The maximum absolute atomic E-state index is 6.32. The van der Waals surface area contributed by atoms with E-state index in [1.54, 1.807) is 12.4 Å². The zero-order chi connectivity index (χ0) is 17.3. The number of halogens is 2. The van der Waals surface area contributed by atoms with Crippen molar-refractivity contribution in [2.24, 2.45) is 0 Å². The van der Waals surface area contributed by atoms with Gasteiger partial charge in [0.15, 0.2) is 5.82 Å². The molecule has 3 rings (SSSR count). The first kappa shape index (κ1) is 17.0. The molecule has 1 heterocycles. The standard InChI is InChI=1S/C19H19Cl2N3/c1-19(2,3)14-9-7-13(8-10-14)11-24-12-22-23-18(24)15-5-4-6-16(20)17(15)21/h4-10,12H,11H2,1-3H3. The van der Waals surface area contributed by atoms with E-state index in [0.717, 1.165) is 5.56 Å². The molecular formula is C19H19Cl2N3. The van der Waals surface area contributed by atoms with Crippen molar-refractivity contribution in [1.29, 1.82) is 0 Å². The van der Waals surface area contributed by atoms with Crippen LogP contribution in [0.2, 0.25) is 10.0 Å². The minimum absolute atomic E-state index is 0.147. The number of rotatable bonds is 3. The quantitative estimate of drug-likeness (QED) is 0.609. The summed E-state index contributed by atoms with van der Waals surface area (Å²) < 4.78 is 1.98. The van der Waals surface area contributed by atoms with Crippen molar-refractivity contribution in [3.05, 3.63) is 70.0 Å². The largest absolute Gasteiger partial charge is 0.309 e. The molecule has 0 aliphatic carbocycles. The van der Waals surface area contributed by atoms with Crippen LogP contribution in [0.25, 0.3) is 11.4 Å². The highest BCUT2D eigenvalue weighted by Crippen LogP contribution is 2.32. The highest BCUT2D eigenvalue weighted by molar-refractivity contribution is 6.43. The summed E-state index contributed by atoms with van der Waals surface area (Å²) in [5, 5.41) is 9.25. The molecule has 0 unspecified atom stereocenters. The number of aromatic nitrogens is 3. The maximum Gasteiger partial charge on any atom is 0.165 e. The summed E-state index contributed by atoms with van der Waals surface area (Å²) in [6.07, 6.45) is 1.71. The zero-order valence-electron chi connectivity index (χ0n) is 13.9. The molecule has 3 nitrogen and oxygen atoms in total. The summed E-state index contributed by atoms with van der Waals surface area (Å²) in [6, 6.07) is 14.2. The molecule has 0 saturated heterocycles. The van der Waals surface area contributed by atoms with Gasteiger partial charge in [-0.25, -0.2) is 0 Å². The molecule has 0 atom stereocenters. The molecule has 3 aromatic rings. The van der Waals surface area contributed by atoms with Gasteiger partial charge in [0.05, 0.1) is 16.6 Å². The number of nitrogens with zero attached hydrogens (tertiary/aromatic N) is 3. The molecule has 0 bridgehead atoms. The van der Waals surface area contributed by atoms with Gasteiger partial charge < -0.3 is 4.57 Å². The van der Waals surface area contributed by atoms with E-state index in [1.807, 2.05) is 16.7 Å². The zero-order valence-corrected chi connectivity index (χ0v) is 15.4. The lowest BCUT2D eigenvalue weighted by Gasteiger charge is -2.19. The van der Waals surface area contributed by atoms with Crippen LogP contribution in [0.5, 0.6) is 0 Å². The van der Waals surface area contributed by atoms with Crippen molar-refractivity contribution < 1.29 is 0 Å². The van der Waals surface area contributed by atoms with Gasteiger partial charge >= 0.3 is 0 Å². The van der Waals surface area contributed by atoms with Crippen molar-refractivity contribution in [2.75, 3.05) is 0 Å². The molecule has 0 aliphatic heterocycles. The predicted molar refractivity (Wildman–Crippen MR) is 99.7 cm³/mol. The fourth-order valence-corrected chi connectivity index (χ4v) is 2.95. The third-order valence-electron chi connectivity index (χ3n) is 3.98. The Kier molecular flexibility index (Phi) is 4.66. The van der Waals surface area contributed by atoms with Crippen molar-refractivity contribution in [3.63, 3.8) is 0 Å². The van der Waals surface area contributed by atoms with Gasteiger partial charge in [-0.2, -0.15) is 0 Å². The normalized spacial score (nSPS) is 11.7. The summed E-state index contributed by atoms with van der Waals surface area (Å²) in [6.45, 7) is 7.30. The van der Waals surface area contributed by atoms with E-state index in [-0.39, 0.29) is 5.41 Å². The van der Waals surface area contributed by atoms with Crippen LogP contribution in [0.3, 0.4) is 0 Å². The van der Waals surface area contributed by atoms with Crippen molar-refractivity contribution in [3.8, 4) is 11.4 Å². The van der Waals surface area contributed by atoms with E-state index < -0.39 is 0 Å². The van der Waals surface area contributed by atoms with Gasteiger partial charge in [0.1, 0.15) is 6.33 Å². The Labute approximate surface area is 152 Å². The average molecular weight is 360 g/mol. The third kappa shape index (κ3) is 3.47. The molecule has 0 radical (unpaired) electrons. The molecule has 5 heteroatoms. The minimum atomic E-state index is 0.147. The summed E-state index contributed by atoms with van der Waals surface area (Å²) in [7, 11) is 0. The van der Waals surface area contributed by atoms with Gasteiger partial charge in [-0.05, 0) is 28.7 Å². The second-order valence-corrected chi connectivity index (χ2v) is 7.62. The molecule has 0 aliphatic rings. The molecule has 0 spiro atoms. The Balaban J connectivity index is 1.90. The first-order valence-electron chi connectivity index (χ1n) is 7.78. The van der Waals surface area contributed by atoms with E-state index in [0.29, 0.717) is 22.4 Å². The van der Waals surface area contributed by atoms with Gasteiger partial charge in [0.2, 0.25) is 0 Å². The molecule has 24 heavy (non-hydrogen) atoms. The van der Waals surface area contributed by atoms with Gasteiger partial charge in [0.25, 0.3) is 0 Å². The number of benzene rings is 2. The molecule has 0 N–H and O–H groups in total. The second kappa shape index (κ2) is 6.58. The lowest BCUT2D eigenvalue weighted by atomic mass is 9.87. The Bertz CT molecular complexity index is 846. The Morgan fingerprint density at radius 3 is 2.38 bits per heavy atom. The average Bonchev–Trinajstić information content (AvgIpc) is 2.98. The minimum Gasteiger partial charge on any atom is -0.309 e. The lowest BCUT2D eigenvalue weighted by molar-refractivity contribution is 0.590. The Morgan fingerprint density at radius 1 is 1.00 bits per heavy atom. The van der Waals surface area contributed by atoms with Crippen LogP contribution in [0.15, 0.2) is 48.8 Å². The van der Waals surface area contributed by atoms with E-state index in [9.17, 15) is 0 Å². The summed E-state index contributed by atoms with van der Waals surface area (Å²) >= 11 is 12.4. The van der Waals surface area contributed by atoms with Crippen LogP contribution < -0.4 is 0 Å². The molecule has 0 fully saturated rings. The molecule has 2 aromatic carbocycles. The van der Waals surface area contributed by atoms with Gasteiger partial charge in [0, 0.05) is 5.56 Å². The third-order valence-corrected chi connectivity index (χ3v) is 4.80. The Morgan fingerprint density at radius 2 is 1.71 bits per heavy atom. The molecule has 0 saturated carbocycles. The van der Waals surface area contributed by atoms with Crippen LogP contribution >= 0.6 is 23.2 Å². The fourth-order valence-electron chi connectivity index (χ4n) is 2.56. The number of hydrogen-bond acceptors (Lipinski definition) is 2. The van der Waals surface area contributed by atoms with Crippen LogP contribution in [-0.2, 0) is 12.0 Å². The van der Waals surface area contributed by atoms with Crippen molar-refractivity contribution in [1.82, 2.24) is 14.8 Å². The molecule has 124 valence electrons. The highest BCUT2D eigenvalue weighted by atomic mass is 35.5.